The Morgan fingerprint density at radius 3 is 2.82 bits per heavy atom. The molecular formula is C34H33F3N6O2. The van der Waals surface area contributed by atoms with Gasteiger partial charge in [0.15, 0.2) is 5.82 Å². The van der Waals surface area contributed by atoms with Crippen molar-refractivity contribution in [3.63, 3.8) is 0 Å². The number of phenolic OH excluding ortho intramolecular Hbond substituents is 1. The highest BCUT2D eigenvalue weighted by Gasteiger charge is 2.48. The first kappa shape index (κ1) is 28.3. The summed E-state index contributed by atoms with van der Waals surface area (Å²) in [5, 5.41) is 15.2. The highest BCUT2D eigenvalue weighted by atomic mass is 19.1. The van der Waals surface area contributed by atoms with Crippen LogP contribution in [0.25, 0.3) is 32.9 Å². The van der Waals surface area contributed by atoms with Crippen molar-refractivity contribution in [2.45, 2.75) is 62.3 Å². The lowest BCUT2D eigenvalue weighted by Gasteiger charge is -2.46. The third-order valence-electron chi connectivity index (χ3n) is 10.2. The zero-order chi connectivity index (χ0) is 30.9. The predicted octanol–water partition coefficient (Wildman–Crippen LogP) is 5.10. The maximum absolute atomic E-state index is 16.8. The van der Waals surface area contributed by atoms with Crippen LogP contribution in [0.3, 0.4) is 0 Å². The van der Waals surface area contributed by atoms with Crippen molar-refractivity contribution >= 4 is 27.5 Å². The van der Waals surface area contributed by atoms with Crippen molar-refractivity contribution in [1.29, 1.82) is 0 Å². The Kier molecular flexibility index (Phi) is 6.76. The normalized spacial score (nSPS) is 26.4. The molecule has 0 saturated carbocycles. The van der Waals surface area contributed by atoms with Crippen LogP contribution in [0.5, 0.6) is 11.8 Å². The smallest absolute Gasteiger partial charge is 0.319 e. The van der Waals surface area contributed by atoms with Gasteiger partial charge in [0.05, 0.1) is 16.5 Å². The molecule has 5 aliphatic heterocycles. The van der Waals surface area contributed by atoms with E-state index in [4.69, 9.17) is 16.1 Å². The Bertz CT molecular complexity index is 1870. The summed E-state index contributed by atoms with van der Waals surface area (Å²) in [5.41, 5.74) is -0.472. The van der Waals surface area contributed by atoms with E-state index >= 15 is 4.39 Å². The molecule has 0 spiro atoms. The van der Waals surface area contributed by atoms with Gasteiger partial charge in [0.25, 0.3) is 0 Å². The van der Waals surface area contributed by atoms with Gasteiger partial charge in [0, 0.05) is 55.3 Å². The lowest BCUT2D eigenvalue weighted by Crippen LogP contribution is -2.61. The third kappa shape index (κ3) is 4.65. The molecule has 2 N–H and O–H groups in total. The van der Waals surface area contributed by atoms with Gasteiger partial charge in [-0.3, -0.25) is 9.88 Å². The van der Waals surface area contributed by atoms with E-state index < -0.39 is 23.3 Å². The molecular weight excluding hydrogens is 581 g/mol. The van der Waals surface area contributed by atoms with E-state index in [0.717, 1.165) is 45.2 Å². The van der Waals surface area contributed by atoms with Crippen molar-refractivity contribution < 1.29 is 23.0 Å². The van der Waals surface area contributed by atoms with Crippen LogP contribution in [-0.2, 0) is 0 Å². The second kappa shape index (κ2) is 10.7. The molecule has 0 aliphatic carbocycles. The molecule has 7 heterocycles. The molecule has 5 fully saturated rings. The number of rotatable bonds is 5. The Hall–Kier alpha value is -4.14. The summed E-state index contributed by atoms with van der Waals surface area (Å²) in [6, 6.07) is 5.94. The number of terminal acetylenes is 1. The van der Waals surface area contributed by atoms with Crippen LogP contribution in [0.15, 0.2) is 30.5 Å². The van der Waals surface area contributed by atoms with Crippen LogP contribution in [0, 0.1) is 24.0 Å². The second-order valence-corrected chi connectivity index (χ2v) is 12.9. The topological polar surface area (TPSA) is 86.6 Å². The van der Waals surface area contributed by atoms with Gasteiger partial charge in [-0.15, -0.1) is 6.42 Å². The minimum Gasteiger partial charge on any atom is -0.508 e. The molecule has 4 atom stereocenters. The SMILES string of the molecule is C#Cc1c(F)ccc2cc(O)cc(-c3ncc4c(N5CC6CCC5CN6)nc(OCC56CCCCN5CC(F)C6)nc4c3F)c12. The summed E-state index contributed by atoms with van der Waals surface area (Å²) in [4.78, 5) is 18.3. The van der Waals surface area contributed by atoms with Crippen molar-refractivity contribution in [3.05, 3.63) is 47.7 Å². The van der Waals surface area contributed by atoms with E-state index in [1.165, 1.54) is 30.5 Å². The molecule has 11 heteroatoms. The number of nitrogens with zero attached hydrogens (tertiary/aromatic N) is 5. The van der Waals surface area contributed by atoms with Crippen LogP contribution in [-0.4, -0.2) is 81.5 Å². The number of halogens is 3. The Morgan fingerprint density at radius 1 is 1.16 bits per heavy atom. The number of anilines is 1. The first-order valence-electron chi connectivity index (χ1n) is 15.6. The molecule has 0 amide bonds. The summed E-state index contributed by atoms with van der Waals surface area (Å²) >= 11 is 0. The molecule has 45 heavy (non-hydrogen) atoms. The van der Waals surface area contributed by atoms with Gasteiger partial charge >= 0.3 is 6.01 Å². The Labute approximate surface area is 258 Å². The van der Waals surface area contributed by atoms with Crippen LogP contribution in [0.2, 0.25) is 0 Å². The Balaban J connectivity index is 1.28. The number of pyridine rings is 1. The summed E-state index contributed by atoms with van der Waals surface area (Å²) in [6.45, 7) is 2.89. The number of aromatic nitrogens is 3. The molecule has 2 aromatic carbocycles. The maximum Gasteiger partial charge on any atom is 0.319 e. The summed E-state index contributed by atoms with van der Waals surface area (Å²) in [6.07, 6.45) is 11.5. The van der Waals surface area contributed by atoms with Crippen molar-refractivity contribution in [2.24, 2.45) is 0 Å². The minimum absolute atomic E-state index is 0.00245. The summed E-state index contributed by atoms with van der Waals surface area (Å²) in [7, 11) is 0. The van der Waals surface area contributed by atoms with Gasteiger partial charge in [-0.25, -0.2) is 13.2 Å². The third-order valence-corrected chi connectivity index (χ3v) is 10.2. The number of aromatic hydroxyl groups is 1. The Morgan fingerprint density at radius 2 is 2.04 bits per heavy atom. The molecule has 4 aromatic rings. The van der Waals surface area contributed by atoms with E-state index in [1.54, 1.807) is 0 Å². The fourth-order valence-corrected chi connectivity index (χ4v) is 8.02. The van der Waals surface area contributed by atoms with Gasteiger partial charge in [0.2, 0.25) is 0 Å². The van der Waals surface area contributed by atoms with Crippen LogP contribution < -0.4 is 15.0 Å². The van der Waals surface area contributed by atoms with Crippen molar-refractivity contribution in [1.82, 2.24) is 25.2 Å². The van der Waals surface area contributed by atoms with E-state index in [2.05, 4.69) is 31.0 Å². The second-order valence-electron chi connectivity index (χ2n) is 12.9. The van der Waals surface area contributed by atoms with E-state index in [-0.39, 0.29) is 58.2 Å². The van der Waals surface area contributed by atoms with E-state index in [0.29, 0.717) is 36.1 Å². The molecule has 2 bridgehead atoms. The number of benzene rings is 2. The first-order valence-corrected chi connectivity index (χ1v) is 15.6. The summed E-state index contributed by atoms with van der Waals surface area (Å²) < 4.78 is 52.5. The fourth-order valence-electron chi connectivity index (χ4n) is 8.02. The van der Waals surface area contributed by atoms with Crippen LogP contribution in [0.1, 0.15) is 44.1 Å². The molecule has 232 valence electrons. The number of nitrogens with one attached hydrogen (secondary N) is 1. The summed E-state index contributed by atoms with van der Waals surface area (Å²) in [5.74, 6) is 1.37. The quantitative estimate of drug-likeness (QED) is 0.301. The highest BCUT2D eigenvalue weighted by Crippen LogP contribution is 2.42. The maximum atomic E-state index is 16.8. The molecule has 9 rings (SSSR count). The van der Waals surface area contributed by atoms with Gasteiger partial charge in [-0.1, -0.05) is 18.4 Å². The minimum atomic E-state index is -0.919. The van der Waals surface area contributed by atoms with E-state index in [1.807, 2.05) is 0 Å². The van der Waals surface area contributed by atoms with Gasteiger partial charge in [0.1, 0.15) is 41.4 Å². The number of piperazine rings is 1. The lowest BCUT2D eigenvalue weighted by molar-refractivity contribution is 0.0388. The average Bonchev–Trinajstić information content (AvgIpc) is 3.40. The van der Waals surface area contributed by atoms with Gasteiger partial charge < -0.3 is 20.1 Å². The number of ether oxygens (including phenoxy) is 1. The van der Waals surface area contributed by atoms with Crippen molar-refractivity contribution in [3.8, 4) is 35.4 Å². The largest absolute Gasteiger partial charge is 0.508 e. The van der Waals surface area contributed by atoms with Crippen molar-refractivity contribution in [2.75, 3.05) is 37.7 Å². The number of piperidine rings is 3. The van der Waals surface area contributed by atoms with E-state index in [9.17, 15) is 13.9 Å². The monoisotopic (exact) mass is 614 g/mol. The zero-order valence-corrected chi connectivity index (χ0v) is 24.7. The van der Waals surface area contributed by atoms with Crippen LogP contribution >= 0.6 is 0 Å². The number of hydrogen-bond donors (Lipinski definition) is 2. The average molecular weight is 615 g/mol. The first-order chi connectivity index (χ1) is 21.8. The number of hydrogen-bond acceptors (Lipinski definition) is 8. The highest BCUT2D eigenvalue weighted by molar-refractivity contribution is 6.03. The van der Waals surface area contributed by atoms with Gasteiger partial charge in [-0.2, -0.15) is 9.97 Å². The molecule has 5 saturated heterocycles. The number of fused-ring (bicyclic) bond motifs is 6. The molecule has 0 radical (unpaired) electrons. The number of alkyl halides is 1. The molecule has 2 aromatic heterocycles. The molecule has 8 nitrogen and oxygen atoms in total. The number of phenols is 1. The standard InChI is InChI=1S/C34H33F3N6O2/c1-2-24-27(36)8-5-19-11-23(44)12-25(28(19)24)30-29(37)31-26(15-39-30)32(43-17-21-6-7-22(43)14-38-21)41-33(40-31)45-18-34-9-3-4-10-42(34)16-20(35)13-34/h1,5,8,11-12,15,20-22,38,44H,3-4,6-7,9-10,13-14,16-18H2. The van der Waals surface area contributed by atoms with Crippen LogP contribution in [0.4, 0.5) is 19.0 Å². The molecule has 5 aliphatic rings. The fraction of sp³-hybridized carbons (Fsp3) is 0.441. The lowest BCUT2D eigenvalue weighted by atomic mass is 9.87. The zero-order valence-electron chi connectivity index (χ0n) is 24.7. The predicted molar refractivity (Wildman–Crippen MR) is 165 cm³/mol. The van der Waals surface area contributed by atoms with Gasteiger partial charge in [-0.05, 0) is 55.8 Å². The molecule has 4 unspecified atom stereocenters.